The maximum absolute atomic E-state index is 12.9. The fraction of sp³-hybridized carbons (Fsp3) is 0.500. The monoisotopic (exact) mass is 291 g/mol. The van der Waals surface area contributed by atoms with E-state index in [4.69, 9.17) is 11.6 Å². The maximum Gasteiger partial charge on any atom is 0.151 e. The molecule has 1 fully saturated rings. The number of sulfone groups is 1. The predicted octanol–water partition coefficient (Wildman–Crippen LogP) is 2.15. The lowest BCUT2D eigenvalue weighted by molar-refractivity contribution is 0.480. The van der Waals surface area contributed by atoms with Gasteiger partial charge in [-0.25, -0.2) is 12.8 Å². The number of hydrogen-bond acceptors (Lipinski definition) is 3. The molecule has 0 amide bonds. The van der Waals surface area contributed by atoms with Crippen LogP contribution in [0.3, 0.4) is 0 Å². The predicted molar refractivity (Wildman–Crippen MR) is 69.9 cm³/mol. The third-order valence-electron chi connectivity index (χ3n) is 3.06. The van der Waals surface area contributed by atoms with E-state index >= 15 is 0 Å². The van der Waals surface area contributed by atoms with Gasteiger partial charge < -0.3 is 5.32 Å². The Morgan fingerprint density at radius 2 is 2.22 bits per heavy atom. The molecule has 2 rings (SSSR count). The van der Waals surface area contributed by atoms with Crippen LogP contribution in [-0.2, 0) is 16.4 Å². The lowest BCUT2D eigenvalue weighted by Crippen LogP contribution is -2.39. The Morgan fingerprint density at radius 1 is 1.44 bits per heavy atom. The average Bonchev–Trinajstić information content (AvgIpc) is 2.26. The first-order valence-corrected chi connectivity index (χ1v) is 8.04. The Labute approximate surface area is 111 Å². The highest BCUT2D eigenvalue weighted by Gasteiger charge is 2.24. The SMILES string of the molecule is O=S1(=O)CCCC(NCc2ccc(F)cc2Cl)C1. The van der Waals surface area contributed by atoms with Crippen LogP contribution in [0.5, 0.6) is 0 Å². The second-order valence-electron chi connectivity index (χ2n) is 4.57. The van der Waals surface area contributed by atoms with Crippen LogP contribution < -0.4 is 5.32 Å². The maximum atomic E-state index is 12.9. The van der Waals surface area contributed by atoms with Gasteiger partial charge in [0.2, 0.25) is 0 Å². The zero-order chi connectivity index (χ0) is 13.2. The van der Waals surface area contributed by atoms with Gasteiger partial charge in [-0.3, -0.25) is 0 Å². The molecule has 1 aliphatic rings. The number of halogens is 2. The lowest BCUT2D eigenvalue weighted by atomic mass is 10.1. The molecule has 0 aliphatic carbocycles. The van der Waals surface area contributed by atoms with Crippen molar-refractivity contribution >= 4 is 21.4 Å². The molecule has 1 saturated heterocycles. The summed E-state index contributed by atoms with van der Waals surface area (Å²) in [5, 5.41) is 3.53. The zero-order valence-corrected chi connectivity index (χ0v) is 11.4. The summed E-state index contributed by atoms with van der Waals surface area (Å²) in [6.07, 6.45) is 1.54. The molecular formula is C12H15ClFNO2S. The van der Waals surface area contributed by atoms with E-state index in [2.05, 4.69) is 5.32 Å². The van der Waals surface area contributed by atoms with Crippen LogP contribution in [-0.4, -0.2) is 26.0 Å². The first kappa shape index (κ1) is 13.8. The number of rotatable bonds is 3. The summed E-state index contributed by atoms with van der Waals surface area (Å²) in [4.78, 5) is 0. The van der Waals surface area contributed by atoms with Gasteiger partial charge in [-0.15, -0.1) is 0 Å². The van der Waals surface area contributed by atoms with Crippen LogP contribution in [0, 0.1) is 5.82 Å². The summed E-state index contributed by atoms with van der Waals surface area (Å²) in [6, 6.07) is 4.18. The fourth-order valence-electron chi connectivity index (χ4n) is 2.10. The summed E-state index contributed by atoms with van der Waals surface area (Å²) in [7, 11) is -2.91. The molecule has 0 spiro atoms. The van der Waals surface area contributed by atoms with Gasteiger partial charge in [0.15, 0.2) is 9.84 Å². The van der Waals surface area contributed by atoms with Crippen molar-refractivity contribution in [3.05, 3.63) is 34.6 Å². The minimum Gasteiger partial charge on any atom is -0.309 e. The summed E-state index contributed by atoms with van der Waals surface area (Å²) < 4.78 is 35.8. The minimum absolute atomic E-state index is 0.0372. The van der Waals surface area contributed by atoms with Gasteiger partial charge in [-0.1, -0.05) is 17.7 Å². The molecule has 100 valence electrons. The molecule has 1 unspecified atom stereocenters. The number of hydrogen-bond donors (Lipinski definition) is 1. The fourth-order valence-corrected chi connectivity index (χ4v) is 4.01. The van der Waals surface area contributed by atoms with Crippen molar-refractivity contribution in [1.29, 1.82) is 0 Å². The van der Waals surface area contributed by atoms with E-state index < -0.39 is 9.84 Å². The molecule has 1 aromatic rings. The molecule has 0 bridgehead atoms. The number of nitrogens with one attached hydrogen (secondary N) is 1. The summed E-state index contributed by atoms with van der Waals surface area (Å²) in [6.45, 7) is 0.458. The van der Waals surface area contributed by atoms with E-state index in [1.807, 2.05) is 0 Å². The first-order chi connectivity index (χ1) is 8.46. The van der Waals surface area contributed by atoms with Crippen LogP contribution in [0.4, 0.5) is 4.39 Å². The molecule has 6 heteroatoms. The summed E-state index contributed by atoms with van der Waals surface area (Å²) in [5.41, 5.74) is 0.779. The normalized spacial score (nSPS) is 22.9. The van der Waals surface area contributed by atoms with Crippen LogP contribution in [0.15, 0.2) is 18.2 Å². The third-order valence-corrected chi connectivity index (χ3v) is 5.23. The van der Waals surface area contributed by atoms with Crippen LogP contribution in [0.1, 0.15) is 18.4 Å². The highest BCUT2D eigenvalue weighted by Crippen LogP contribution is 2.18. The highest BCUT2D eigenvalue weighted by molar-refractivity contribution is 7.91. The second-order valence-corrected chi connectivity index (χ2v) is 7.21. The first-order valence-electron chi connectivity index (χ1n) is 5.84. The molecule has 0 radical (unpaired) electrons. The Hall–Kier alpha value is -0.650. The van der Waals surface area contributed by atoms with Crippen molar-refractivity contribution < 1.29 is 12.8 Å². The Morgan fingerprint density at radius 3 is 2.89 bits per heavy atom. The molecule has 18 heavy (non-hydrogen) atoms. The van der Waals surface area contributed by atoms with Gasteiger partial charge in [0, 0.05) is 17.6 Å². The van der Waals surface area contributed by atoms with Gasteiger partial charge >= 0.3 is 0 Å². The Balaban J connectivity index is 1.95. The molecular weight excluding hydrogens is 277 g/mol. The molecule has 1 heterocycles. The van der Waals surface area contributed by atoms with Crippen molar-refractivity contribution in [1.82, 2.24) is 5.32 Å². The second kappa shape index (κ2) is 5.55. The minimum atomic E-state index is -2.91. The van der Waals surface area contributed by atoms with Gasteiger partial charge in [-0.2, -0.15) is 0 Å². The van der Waals surface area contributed by atoms with E-state index in [1.54, 1.807) is 6.07 Å². The molecule has 1 atom stereocenters. The average molecular weight is 292 g/mol. The van der Waals surface area contributed by atoms with Gasteiger partial charge in [0.1, 0.15) is 5.82 Å². The van der Waals surface area contributed by atoms with Gasteiger partial charge in [0.25, 0.3) is 0 Å². The topological polar surface area (TPSA) is 46.2 Å². The van der Waals surface area contributed by atoms with Crippen LogP contribution in [0.2, 0.25) is 5.02 Å². The van der Waals surface area contributed by atoms with Crippen molar-refractivity contribution in [2.75, 3.05) is 11.5 Å². The van der Waals surface area contributed by atoms with Crippen molar-refractivity contribution in [2.45, 2.75) is 25.4 Å². The molecule has 1 aliphatic heterocycles. The van der Waals surface area contributed by atoms with Gasteiger partial charge in [0.05, 0.1) is 11.5 Å². The van der Waals surface area contributed by atoms with Crippen LogP contribution in [0.25, 0.3) is 0 Å². The quantitative estimate of drug-likeness (QED) is 0.928. The van der Waals surface area contributed by atoms with E-state index in [0.29, 0.717) is 18.0 Å². The molecule has 3 nitrogen and oxygen atoms in total. The molecule has 0 saturated carbocycles. The van der Waals surface area contributed by atoms with E-state index in [1.165, 1.54) is 12.1 Å². The smallest absolute Gasteiger partial charge is 0.151 e. The number of benzene rings is 1. The largest absolute Gasteiger partial charge is 0.309 e. The highest BCUT2D eigenvalue weighted by atomic mass is 35.5. The van der Waals surface area contributed by atoms with Crippen molar-refractivity contribution in [3.8, 4) is 0 Å². The molecule has 0 aromatic heterocycles. The van der Waals surface area contributed by atoms with E-state index in [0.717, 1.165) is 12.0 Å². The van der Waals surface area contributed by atoms with Crippen molar-refractivity contribution in [2.24, 2.45) is 0 Å². The van der Waals surface area contributed by atoms with Crippen molar-refractivity contribution in [3.63, 3.8) is 0 Å². The molecule has 1 aromatic carbocycles. The molecule has 1 N–H and O–H groups in total. The van der Waals surface area contributed by atoms with E-state index in [-0.39, 0.29) is 23.4 Å². The standard InChI is InChI=1S/C12H15ClFNO2S/c13-12-6-10(14)4-3-9(12)7-15-11-2-1-5-18(16,17)8-11/h3-4,6,11,15H,1-2,5,7-8H2. The lowest BCUT2D eigenvalue weighted by Gasteiger charge is -2.23. The van der Waals surface area contributed by atoms with E-state index in [9.17, 15) is 12.8 Å². The zero-order valence-electron chi connectivity index (χ0n) is 9.83. The Bertz CT molecular complexity index is 533. The summed E-state index contributed by atoms with van der Waals surface area (Å²) >= 11 is 5.90. The Kier molecular flexibility index (Phi) is 4.25. The third kappa shape index (κ3) is 3.67. The summed E-state index contributed by atoms with van der Waals surface area (Å²) in [5.74, 6) is 0.0814. The van der Waals surface area contributed by atoms with Crippen LogP contribution >= 0.6 is 11.6 Å². The van der Waals surface area contributed by atoms with Gasteiger partial charge in [-0.05, 0) is 30.5 Å².